The summed E-state index contributed by atoms with van der Waals surface area (Å²) in [6.07, 6.45) is 4.36. The Bertz CT molecular complexity index is 496. The summed E-state index contributed by atoms with van der Waals surface area (Å²) in [4.78, 5) is 10.3. The minimum atomic E-state index is 0.865. The van der Waals surface area contributed by atoms with Crippen molar-refractivity contribution < 1.29 is 0 Å². The Morgan fingerprint density at radius 2 is 1.94 bits per heavy atom. The lowest BCUT2D eigenvalue weighted by atomic mass is 10.1. The Kier molecular flexibility index (Phi) is 3.74. The van der Waals surface area contributed by atoms with Crippen molar-refractivity contribution in [2.24, 2.45) is 0 Å². The Morgan fingerprint density at radius 1 is 1.24 bits per heavy atom. The molecule has 0 unspecified atom stereocenters. The monoisotopic (exact) mass is 291 g/mol. The Morgan fingerprint density at radius 3 is 2.53 bits per heavy atom. The second-order valence-corrected chi connectivity index (χ2v) is 4.63. The molecular formula is C13H14BrN3. The summed E-state index contributed by atoms with van der Waals surface area (Å²) in [5, 5.41) is 0. The summed E-state index contributed by atoms with van der Waals surface area (Å²) >= 11 is 3.46. The number of nitrogens with zero attached hydrogens (tertiary/aromatic N) is 3. The highest BCUT2D eigenvalue weighted by atomic mass is 79.9. The minimum Gasteiger partial charge on any atom is -0.328 e. The van der Waals surface area contributed by atoms with E-state index in [0.29, 0.717) is 0 Å². The maximum atomic E-state index is 4.27. The average Bonchev–Trinajstić information content (AvgIpc) is 2.39. The first-order valence-corrected chi connectivity index (χ1v) is 6.30. The van der Waals surface area contributed by atoms with Crippen molar-refractivity contribution >= 4 is 27.4 Å². The van der Waals surface area contributed by atoms with Crippen LogP contribution in [0.5, 0.6) is 0 Å². The van der Waals surface area contributed by atoms with Gasteiger partial charge in [0.2, 0.25) is 0 Å². The lowest BCUT2D eigenvalue weighted by Crippen LogP contribution is -2.11. The Balaban J connectivity index is 2.30. The lowest BCUT2D eigenvalue weighted by molar-refractivity contribution is 1.06. The molecule has 0 bridgehead atoms. The van der Waals surface area contributed by atoms with Crippen molar-refractivity contribution in [2.45, 2.75) is 13.3 Å². The maximum absolute atomic E-state index is 4.27. The molecule has 0 aliphatic carbocycles. The highest BCUT2D eigenvalue weighted by molar-refractivity contribution is 9.10. The molecule has 0 aliphatic rings. The molecule has 1 aromatic carbocycles. The summed E-state index contributed by atoms with van der Waals surface area (Å²) < 4.78 is 0.891. The molecule has 3 nitrogen and oxygen atoms in total. The average molecular weight is 292 g/mol. The van der Waals surface area contributed by atoms with Gasteiger partial charge < -0.3 is 4.90 Å². The molecule has 2 rings (SSSR count). The van der Waals surface area contributed by atoms with Gasteiger partial charge in [-0.3, -0.25) is 0 Å². The maximum Gasteiger partial charge on any atom is 0.150 e. The first-order valence-electron chi connectivity index (χ1n) is 5.50. The lowest BCUT2D eigenvalue weighted by Gasteiger charge is -2.19. The third kappa shape index (κ3) is 2.64. The third-order valence-corrected chi connectivity index (χ3v) is 3.26. The van der Waals surface area contributed by atoms with Crippen molar-refractivity contribution in [1.29, 1.82) is 0 Å². The predicted molar refractivity (Wildman–Crippen MR) is 73.6 cm³/mol. The van der Waals surface area contributed by atoms with E-state index in [1.165, 1.54) is 5.56 Å². The molecule has 0 saturated heterocycles. The number of halogens is 1. The molecule has 0 amide bonds. The van der Waals surface area contributed by atoms with Crippen LogP contribution in [0.1, 0.15) is 12.5 Å². The smallest absolute Gasteiger partial charge is 0.150 e. The van der Waals surface area contributed by atoms with Crippen molar-refractivity contribution in [3.63, 3.8) is 0 Å². The summed E-state index contributed by atoms with van der Waals surface area (Å²) in [5.74, 6) is 0.865. The number of hydrogen-bond acceptors (Lipinski definition) is 3. The van der Waals surface area contributed by atoms with Crippen LogP contribution in [0.4, 0.5) is 11.5 Å². The van der Waals surface area contributed by atoms with E-state index in [4.69, 9.17) is 0 Å². The van der Waals surface area contributed by atoms with E-state index in [0.717, 1.165) is 22.4 Å². The van der Waals surface area contributed by atoms with Crippen LogP contribution in [0.25, 0.3) is 0 Å². The van der Waals surface area contributed by atoms with Gasteiger partial charge in [-0.1, -0.05) is 19.1 Å². The summed E-state index contributed by atoms with van der Waals surface area (Å²) in [5.41, 5.74) is 2.45. The van der Waals surface area contributed by atoms with Crippen LogP contribution in [0.15, 0.2) is 41.3 Å². The van der Waals surface area contributed by atoms with Crippen molar-refractivity contribution in [2.75, 3.05) is 11.9 Å². The van der Waals surface area contributed by atoms with Crippen LogP contribution in [-0.2, 0) is 6.42 Å². The van der Waals surface area contributed by atoms with Crippen molar-refractivity contribution in [3.8, 4) is 0 Å². The molecule has 2 aromatic rings. The Hall–Kier alpha value is -1.42. The number of aryl methyl sites for hydroxylation is 1. The highest BCUT2D eigenvalue weighted by Gasteiger charge is 2.08. The van der Waals surface area contributed by atoms with Crippen LogP contribution >= 0.6 is 15.9 Å². The van der Waals surface area contributed by atoms with Crippen LogP contribution in [0.3, 0.4) is 0 Å². The molecular weight excluding hydrogens is 278 g/mol. The van der Waals surface area contributed by atoms with E-state index >= 15 is 0 Å². The first kappa shape index (κ1) is 12.0. The number of aromatic nitrogens is 2. The third-order valence-electron chi connectivity index (χ3n) is 2.70. The molecule has 1 aromatic heterocycles. The predicted octanol–water partition coefficient (Wildman–Crippen LogP) is 3.57. The molecule has 4 heteroatoms. The first-order chi connectivity index (χ1) is 8.22. The van der Waals surface area contributed by atoms with Gasteiger partial charge in [-0.2, -0.15) is 0 Å². The van der Waals surface area contributed by atoms with Gasteiger partial charge in [-0.25, -0.2) is 9.97 Å². The van der Waals surface area contributed by atoms with Crippen molar-refractivity contribution in [3.05, 3.63) is 46.8 Å². The molecule has 0 saturated carbocycles. The SMILES string of the molecule is CCc1ccc(N(C)c2ncncc2Br)cc1. The molecule has 0 fully saturated rings. The van der Waals surface area contributed by atoms with Gasteiger partial charge in [0.15, 0.2) is 5.82 Å². The number of benzene rings is 1. The largest absolute Gasteiger partial charge is 0.328 e. The molecule has 17 heavy (non-hydrogen) atoms. The fourth-order valence-corrected chi connectivity index (χ4v) is 2.12. The Labute approximate surface area is 110 Å². The van der Waals surface area contributed by atoms with Crippen LogP contribution in [-0.4, -0.2) is 17.0 Å². The molecule has 88 valence electrons. The zero-order valence-corrected chi connectivity index (χ0v) is 11.5. The fourth-order valence-electron chi connectivity index (χ4n) is 1.63. The van der Waals surface area contributed by atoms with Gasteiger partial charge >= 0.3 is 0 Å². The van der Waals surface area contributed by atoms with Crippen LogP contribution in [0, 0.1) is 0 Å². The standard InChI is InChI=1S/C13H14BrN3/c1-3-10-4-6-11(7-5-10)17(2)13-12(14)8-15-9-16-13/h4-9H,3H2,1-2H3. The van der Waals surface area contributed by atoms with Crippen LogP contribution in [0.2, 0.25) is 0 Å². The molecule has 0 aliphatic heterocycles. The van der Waals surface area contributed by atoms with Gasteiger partial charge in [-0.05, 0) is 40.0 Å². The van der Waals surface area contributed by atoms with Gasteiger partial charge in [0, 0.05) is 18.9 Å². The molecule has 1 heterocycles. The van der Waals surface area contributed by atoms with E-state index in [1.54, 1.807) is 12.5 Å². The summed E-state index contributed by atoms with van der Waals surface area (Å²) in [7, 11) is 1.99. The van der Waals surface area contributed by atoms with E-state index < -0.39 is 0 Å². The van der Waals surface area contributed by atoms with Gasteiger partial charge in [0.1, 0.15) is 6.33 Å². The molecule has 0 N–H and O–H groups in total. The quantitative estimate of drug-likeness (QED) is 0.866. The van der Waals surface area contributed by atoms with E-state index in [1.807, 2.05) is 11.9 Å². The van der Waals surface area contributed by atoms with Gasteiger partial charge in [-0.15, -0.1) is 0 Å². The number of hydrogen-bond donors (Lipinski definition) is 0. The van der Waals surface area contributed by atoms with E-state index in [9.17, 15) is 0 Å². The number of rotatable bonds is 3. The molecule has 0 atom stereocenters. The van der Waals surface area contributed by atoms with Crippen LogP contribution < -0.4 is 4.90 Å². The second-order valence-electron chi connectivity index (χ2n) is 3.77. The molecule has 0 radical (unpaired) electrons. The van der Waals surface area contributed by atoms with Crippen molar-refractivity contribution in [1.82, 2.24) is 9.97 Å². The minimum absolute atomic E-state index is 0.865. The van der Waals surface area contributed by atoms with Gasteiger partial charge in [0.05, 0.1) is 4.47 Å². The topological polar surface area (TPSA) is 29.0 Å². The number of anilines is 2. The normalized spacial score (nSPS) is 10.3. The molecule has 0 spiro atoms. The summed E-state index contributed by atoms with van der Waals surface area (Å²) in [6.45, 7) is 2.15. The zero-order chi connectivity index (χ0) is 12.3. The zero-order valence-electron chi connectivity index (χ0n) is 9.89. The summed E-state index contributed by atoms with van der Waals surface area (Å²) in [6, 6.07) is 8.49. The highest BCUT2D eigenvalue weighted by Crippen LogP contribution is 2.27. The van der Waals surface area contributed by atoms with Gasteiger partial charge in [0.25, 0.3) is 0 Å². The van der Waals surface area contributed by atoms with E-state index in [2.05, 4.69) is 57.1 Å². The van der Waals surface area contributed by atoms with E-state index in [-0.39, 0.29) is 0 Å². The second kappa shape index (κ2) is 5.27. The fraction of sp³-hybridized carbons (Fsp3) is 0.231.